The van der Waals surface area contributed by atoms with Crippen LogP contribution >= 0.6 is 0 Å². The van der Waals surface area contributed by atoms with Crippen LogP contribution in [0.25, 0.3) is 0 Å². The van der Waals surface area contributed by atoms with Crippen molar-refractivity contribution >= 4 is 5.97 Å². The van der Waals surface area contributed by atoms with Gasteiger partial charge in [-0.05, 0) is 56.6 Å². The summed E-state index contributed by atoms with van der Waals surface area (Å²) < 4.78 is 25.5. The predicted molar refractivity (Wildman–Crippen MR) is 154 cm³/mol. The van der Waals surface area contributed by atoms with Crippen molar-refractivity contribution in [2.24, 2.45) is 17.3 Å². The van der Waals surface area contributed by atoms with E-state index in [2.05, 4.69) is 39.8 Å². The summed E-state index contributed by atoms with van der Waals surface area (Å²) in [5.74, 6) is -2.21. The Labute approximate surface area is 244 Å². The van der Waals surface area contributed by atoms with Gasteiger partial charge in [-0.3, -0.25) is 4.79 Å². The van der Waals surface area contributed by atoms with Crippen LogP contribution in [0.2, 0.25) is 0 Å². The number of hydrogen-bond donors (Lipinski definition) is 3. The van der Waals surface area contributed by atoms with Crippen molar-refractivity contribution in [1.82, 2.24) is 0 Å². The molecule has 0 aromatic heterocycles. The molecule has 3 N–H and O–H groups in total. The van der Waals surface area contributed by atoms with Gasteiger partial charge in [0.2, 0.25) is 0 Å². The van der Waals surface area contributed by atoms with E-state index in [0.717, 1.165) is 19.3 Å². The first-order valence-corrected chi connectivity index (χ1v) is 15.3. The van der Waals surface area contributed by atoms with E-state index in [4.69, 9.17) is 18.9 Å². The van der Waals surface area contributed by atoms with Crippen LogP contribution < -0.4 is 0 Å². The third-order valence-electron chi connectivity index (χ3n) is 10.1. The summed E-state index contributed by atoms with van der Waals surface area (Å²) in [6, 6.07) is 0. The van der Waals surface area contributed by atoms with E-state index >= 15 is 0 Å². The van der Waals surface area contributed by atoms with Crippen LogP contribution in [0.1, 0.15) is 79.6 Å². The molecule has 0 aromatic rings. The van der Waals surface area contributed by atoms with Gasteiger partial charge in [0.15, 0.2) is 5.79 Å². The summed E-state index contributed by atoms with van der Waals surface area (Å²) in [7, 11) is 0. The molecule has 5 rings (SSSR count). The number of ether oxygens (including phenoxy) is 4. The van der Waals surface area contributed by atoms with Gasteiger partial charge in [0.25, 0.3) is 0 Å². The second-order valence-corrected chi connectivity index (χ2v) is 13.4. The monoisotopic (exact) mass is 572 g/mol. The molecule has 3 saturated heterocycles. The zero-order valence-corrected chi connectivity index (χ0v) is 25.2. The van der Waals surface area contributed by atoms with Gasteiger partial charge in [0, 0.05) is 24.7 Å². The summed E-state index contributed by atoms with van der Waals surface area (Å²) in [4.78, 5) is 13.9. The van der Waals surface area contributed by atoms with Crippen LogP contribution in [-0.4, -0.2) is 76.4 Å². The van der Waals surface area contributed by atoms with Gasteiger partial charge in [-0.1, -0.05) is 56.7 Å². The molecule has 0 amide bonds. The first kappa shape index (κ1) is 30.6. The summed E-state index contributed by atoms with van der Waals surface area (Å²) >= 11 is 0. The van der Waals surface area contributed by atoms with Gasteiger partial charge < -0.3 is 34.3 Å². The van der Waals surface area contributed by atoms with Crippen LogP contribution in [0.5, 0.6) is 0 Å². The van der Waals surface area contributed by atoms with Crippen molar-refractivity contribution in [2.45, 2.75) is 121 Å². The summed E-state index contributed by atoms with van der Waals surface area (Å²) in [5.41, 5.74) is 0.317. The van der Waals surface area contributed by atoms with Crippen molar-refractivity contribution in [3.8, 4) is 0 Å². The Balaban J connectivity index is 1.51. The number of esters is 1. The molecule has 2 bridgehead atoms. The number of allylic oxidation sites excluding steroid dienone is 4. The van der Waals surface area contributed by atoms with E-state index in [9.17, 15) is 20.1 Å². The largest absolute Gasteiger partial charge is 0.462 e. The maximum absolute atomic E-state index is 13.9. The molecule has 5 aliphatic rings. The molecule has 41 heavy (non-hydrogen) atoms. The number of hydrogen-bond acceptors (Lipinski definition) is 8. The zero-order valence-electron chi connectivity index (χ0n) is 25.2. The number of aliphatic hydroxyl groups excluding tert-OH is 2. The van der Waals surface area contributed by atoms with Crippen LogP contribution in [-0.2, 0) is 23.7 Å². The van der Waals surface area contributed by atoms with Crippen molar-refractivity contribution in [3.63, 3.8) is 0 Å². The van der Waals surface area contributed by atoms with E-state index in [1.807, 2.05) is 12.2 Å². The van der Waals surface area contributed by atoms with Crippen molar-refractivity contribution in [3.05, 3.63) is 47.1 Å². The maximum atomic E-state index is 13.9. The maximum Gasteiger partial charge on any atom is 0.316 e. The Morgan fingerprint density at radius 3 is 2.66 bits per heavy atom. The molecule has 0 unspecified atom stereocenters. The van der Waals surface area contributed by atoms with Gasteiger partial charge in [-0.15, -0.1) is 0 Å². The average molecular weight is 573 g/mol. The van der Waals surface area contributed by atoms with Gasteiger partial charge >= 0.3 is 5.97 Å². The molecule has 3 fully saturated rings. The molecule has 8 heteroatoms. The van der Waals surface area contributed by atoms with E-state index in [1.54, 1.807) is 13.0 Å². The molecule has 0 saturated carbocycles. The zero-order chi connectivity index (χ0) is 29.6. The highest BCUT2D eigenvalue weighted by Crippen LogP contribution is 2.49. The molecule has 4 aliphatic heterocycles. The fourth-order valence-electron chi connectivity index (χ4n) is 7.51. The number of aliphatic hydroxyl groups is 3. The topological polar surface area (TPSA) is 115 Å². The number of fused-ring (bicyclic) bond motifs is 2. The number of rotatable bonds is 2. The second kappa shape index (κ2) is 11.7. The number of carbonyl (C=O) groups excluding carboxylic acids is 1. The highest BCUT2D eigenvalue weighted by atomic mass is 16.7. The SMILES string of the molecule is CC[C@H]1O[C@]2(CC[C@@]1(C)CO)C[C@@H]1C[C@@H](C/C=C(\C)C[C@@H](C)/C=C/C=C3\CO[C@@H]4[C@H](O)C(C)=C[C@@H](C(=O)O1)[C@]34O)O2. The van der Waals surface area contributed by atoms with E-state index in [-0.39, 0.29) is 36.8 Å². The third-order valence-corrected chi connectivity index (χ3v) is 10.1. The van der Waals surface area contributed by atoms with Crippen molar-refractivity contribution < 1.29 is 39.1 Å². The molecule has 0 radical (unpaired) electrons. The fourth-order valence-corrected chi connectivity index (χ4v) is 7.51. The lowest BCUT2D eigenvalue weighted by Gasteiger charge is -2.53. The fraction of sp³-hybridized carbons (Fsp3) is 0.727. The van der Waals surface area contributed by atoms with Crippen LogP contribution in [0.4, 0.5) is 0 Å². The lowest BCUT2D eigenvalue weighted by molar-refractivity contribution is -0.348. The number of carbonyl (C=O) groups is 1. The minimum absolute atomic E-state index is 0.0366. The standard InChI is InChI=1S/C33H48O8/c1-6-27-31(5,19-34)12-13-32(41-27)17-25-16-24(40-32)11-10-21(3)14-20(2)8-7-9-23-18-38-29-28(35)22(4)15-26(30(36)39-25)33(23,29)37/h7-10,15,20,24-29,34-35,37H,6,11-14,16-19H2,1-5H3/b8-7+,21-10+,23-9+/t20-,24+,25-,26-,27+,28+,29+,31-,32+,33+/m0/s1. The minimum atomic E-state index is -1.71. The van der Waals surface area contributed by atoms with Gasteiger partial charge in [0.05, 0.1) is 25.4 Å². The Morgan fingerprint density at radius 1 is 1.15 bits per heavy atom. The quantitative estimate of drug-likeness (QED) is 0.332. The lowest BCUT2D eigenvalue weighted by Crippen LogP contribution is -2.59. The Kier molecular flexibility index (Phi) is 8.74. The summed E-state index contributed by atoms with van der Waals surface area (Å²) in [6.07, 6.45) is 11.4. The summed E-state index contributed by atoms with van der Waals surface area (Å²) in [5, 5.41) is 33.1. The minimum Gasteiger partial charge on any atom is -0.462 e. The van der Waals surface area contributed by atoms with Crippen molar-refractivity contribution in [1.29, 1.82) is 0 Å². The average Bonchev–Trinajstić information content (AvgIpc) is 3.27. The Bertz CT molecular complexity index is 1120. The smallest absolute Gasteiger partial charge is 0.316 e. The molecule has 228 valence electrons. The highest BCUT2D eigenvalue weighted by molar-refractivity contribution is 5.78. The molecular weight excluding hydrogens is 524 g/mol. The van der Waals surface area contributed by atoms with Gasteiger partial charge in [0.1, 0.15) is 29.8 Å². The van der Waals surface area contributed by atoms with Crippen molar-refractivity contribution in [2.75, 3.05) is 13.2 Å². The van der Waals surface area contributed by atoms with E-state index in [1.165, 1.54) is 5.57 Å². The second-order valence-electron chi connectivity index (χ2n) is 13.4. The predicted octanol–water partition coefficient (Wildman–Crippen LogP) is 4.29. The van der Waals surface area contributed by atoms with Crippen LogP contribution in [0.15, 0.2) is 47.1 Å². The molecule has 0 aromatic carbocycles. The summed E-state index contributed by atoms with van der Waals surface area (Å²) in [6.45, 7) is 10.3. The van der Waals surface area contributed by atoms with Gasteiger partial charge in [-0.25, -0.2) is 0 Å². The Hall–Kier alpha value is -1.81. The van der Waals surface area contributed by atoms with Crippen LogP contribution in [0.3, 0.4) is 0 Å². The van der Waals surface area contributed by atoms with Crippen LogP contribution in [0, 0.1) is 17.3 Å². The first-order valence-electron chi connectivity index (χ1n) is 15.3. The molecule has 1 aliphatic carbocycles. The van der Waals surface area contributed by atoms with Gasteiger partial charge in [-0.2, -0.15) is 0 Å². The molecule has 8 nitrogen and oxygen atoms in total. The molecule has 4 heterocycles. The molecule has 1 spiro atoms. The first-order chi connectivity index (χ1) is 19.4. The normalized spacial score (nSPS) is 48.7. The lowest BCUT2D eigenvalue weighted by atomic mass is 9.71. The Morgan fingerprint density at radius 2 is 1.93 bits per heavy atom. The highest BCUT2D eigenvalue weighted by Gasteiger charge is 2.60. The molecular formula is C33H48O8. The van der Waals surface area contributed by atoms with E-state index < -0.39 is 41.6 Å². The van der Waals surface area contributed by atoms with E-state index in [0.29, 0.717) is 36.8 Å². The third kappa shape index (κ3) is 5.76. The molecule has 10 atom stereocenters.